The molecule has 1 unspecified atom stereocenters. The minimum absolute atomic E-state index is 0.631. The third kappa shape index (κ3) is 2.76. The maximum atomic E-state index is 5.43. The molecule has 11 heavy (non-hydrogen) atoms. The van der Waals surface area contributed by atoms with Crippen LogP contribution in [0.4, 0.5) is 0 Å². The van der Waals surface area contributed by atoms with Crippen LogP contribution in [-0.4, -0.2) is 6.54 Å². The van der Waals surface area contributed by atoms with E-state index < -0.39 is 0 Å². The number of furan rings is 1. The fraction of sp³-hybridized carbons (Fsp3) is 0.556. The van der Waals surface area contributed by atoms with Crippen molar-refractivity contribution in [1.29, 1.82) is 0 Å². The van der Waals surface area contributed by atoms with E-state index in [2.05, 4.69) is 6.92 Å². The molecule has 0 spiro atoms. The van der Waals surface area contributed by atoms with Crippen molar-refractivity contribution in [3.05, 3.63) is 24.2 Å². The van der Waals surface area contributed by atoms with E-state index in [0.29, 0.717) is 5.92 Å². The summed E-state index contributed by atoms with van der Waals surface area (Å²) in [7, 11) is 0. The summed E-state index contributed by atoms with van der Waals surface area (Å²) in [6, 6.07) is 3.93. The van der Waals surface area contributed by atoms with Crippen LogP contribution in [0.25, 0.3) is 0 Å². The fourth-order valence-corrected chi connectivity index (χ4v) is 1.16. The Bertz CT molecular complexity index is 181. The molecule has 0 aliphatic rings. The minimum Gasteiger partial charge on any atom is -0.469 e. The number of hydrogen-bond acceptors (Lipinski definition) is 2. The molecule has 0 fully saturated rings. The number of rotatable bonds is 4. The lowest BCUT2D eigenvalue weighted by Gasteiger charge is -2.06. The Balaban J connectivity index is 2.31. The van der Waals surface area contributed by atoms with Crippen molar-refractivity contribution in [3.8, 4) is 0 Å². The van der Waals surface area contributed by atoms with Gasteiger partial charge >= 0.3 is 0 Å². The summed E-state index contributed by atoms with van der Waals surface area (Å²) in [4.78, 5) is 0. The molecule has 0 aromatic carbocycles. The highest BCUT2D eigenvalue weighted by Crippen LogP contribution is 2.10. The van der Waals surface area contributed by atoms with Crippen LogP contribution < -0.4 is 5.73 Å². The second-order valence-electron chi connectivity index (χ2n) is 2.97. The van der Waals surface area contributed by atoms with Gasteiger partial charge in [-0.15, -0.1) is 0 Å². The summed E-state index contributed by atoms with van der Waals surface area (Å²) in [5, 5.41) is 0. The molecule has 1 aromatic heterocycles. The van der Waals surface area contributed by atoms with Crippen LogP contribution in [0.15, 0.2) is 22.8 Å². The Morgan fingerprint density at radius 2 is 2.45 bits per heavy atom. The Labute approximate surface area is 67.4 Å². The van der Waals surface area contributed by atoms with Crippen LogP contribution in [0, 0.1) is 5.92 Å². The van der Waals surface area contributed by atoms with Crippen molar-refractivity contribution >= 4 is 0 Å². The molecule has 1 heterocycles. The Morgan fingerprint density at radius 3 is 3.00 bits per heavy atom. The molecular formula is C9H15NO. The maximum Gasteiger partial charge on any atom is 0.104 e. The molecule has 0 radical (unpaired) electrons. The van der Waals surface area contributed by atoms with E-state index in [-0.39, 0.29) is 0 Å². The van der Waals surface area contributed by atoms with Crippen molar-refractivity contribution in [2.75, 3.05) is 6.54 Å². The smallest absolute Gasteiger partial charge is 0.104 e. The summed E-state index contributed by atoms with van der Waals surface area (Å²) in [5.41, 5.74) is 5.43. The van der Waals surface area contributed by atoms with Gasteiger partial charge in [0.25, 0.3) is 0 Å². The Morgan fingerprint density at radius 1 is 1.64 bits per heavy atom. The predicted molar refractivity (Wildman–Crippen MR) is 45.2 cm³/mol. The SMILES string of the molecule is CC(CCN)Cc1ccco1. The van der Waals surface area contributed by atoms with Crippen LogP contribution >= 0.6 is 0 Å². The first kappa shape index (κ1) is 8.34. The summed E-state index contributed by atoms with van der Waals surface area (Å²) >= 11 is 0. The first-order valence-electron chi connectivity index (χ1n) is 4.05. The number of nitrogens with two attached hydrogens (primary N) is 1. The van der Waals surface area contributed by atoms with Gasteiger partial charge in [0.2, 0.25) is 0 Å². The molecular weight excluding hydrogens is 138 g/mol. The third-order valence-electron chi connectivity index (χ3n) is 1.79. The third-order valence-corrected chi connectivity index (χ3v) is 1.79. The Kier molecular flexibility index (Phi) is 3.17. The van der Waals surface area contributed by atoms with E-state index in [4.69, 9.17) is 10.2 Å². The summed E-state index contributed by atoms with van der Waals surface area (Å²) in [6.07, 6.45) is 3.79. The van der Waals surface area contributed by atoms with Crippen molar-refractivity contribution in [1.82, 2.24) is 0 Å². The zero-order valence-electron chi connectivity index (χ0n) is 6.92. The molecule has 0 bridgehead atoms. The van der Waals surface area contributed by atoms with Gasteiger partial charge in [-0.3, -0.25) is 0 Å². The first-order valence-corrected chi connectivity index (χ1v) is 4.05. The van der Waals surface area contributed by atoms with Gasteiger partial charge in [0, 0.05) is 6.42 Å². The lowest BCUT2D eigenvalue weighted by molar-refractivity contribution is 0.444. The van der Waals surface area contributed by atoms with Gasteiger partial charge in [-0.2, -0.15) is 0 Å². The van der Waals surface area contributed by atoms with E-state index in [0.717, 1.165) is 25.1 Å². The van der Waals surface area contributed by atoms with Crippen molar-refractivity contribution in [3.63, 3.8) is 0 Å². The van der Waals surface area contributed by atoms with E-state index in [1.165, 1.54) is 0 Å². The highest BCUT2D eigenvalue weighted by Gasteiger charge is 2.03. The van der Waals surface area contributed by atoms with Gasteiger partial charge in [0.05, 0.1) is 6.26 Å². The average molecular weight is 153 g/mol. The first-order chi connectivity index (χ1) is 5.33. The van der Waals surface area contributed by atoms with Gasteiger partial charge < -0.3 is 10.2 Å². The van der Waals surface area contributed by atoms with Gasteiger partial charge in [-0.1, -0.05) is 6.92 Å². The van der Waals surface area contributed by atoms with E-state index in [9.17, 15) is 0 Å². The zero-order valence-corrected chi connectivity index (χ0v) is 6.92. The largest absolute Gasteiger partial charge is 0.469 e. The molecule has 1 rings (SSSR count). The molecule has 0 saturated heterocycles. The van der Waals surface area contributed by atoms with Crippen LogP contribution in [-0.2, 0) is 6.42 Å². The van der Waals surface area contributed by atoms with Crippen molar-refractivity contribution < 1.29 is 4.42 Å². The lowest BCUT2D eigenvalue weighted by Crippen LogP contribution is -2.07. The molecule has 0 amide bonds. The van der Waals surface area contributed by atoms with Crippen molar-refractivity contribution in [2.45, 2.75) is 19.8 Å². The average Bonchev–Trinajstić information content (AvgIpc) is 2.40. The van der Waals surface area contributed by atoms with Crippen molar-refractivity contribution in [2.24, 2.45) is 11.7 Å². The molecule has 0 aliphatic heterocycles. The van der Waals surface area contributed by atoms with Crippen LogP contribution in [0.5, 0.6) is 0 Å². The van der Waals surface area contributed by atoms with Crippen LogP contribution in [0.1, 0.15) is 19.1 Å². The topological polar surface area (TPSA) is 39.2 Å². The van der Waals surface area contributed by atoms with Crippen LogP contribution in [0.3, 0.4) is 0 Å². The number of hydrogen-bond donors (Lipinski definition) is 1. The minimum atomic E-state index is 0.631. The summed E-state index contributed by atoms with van der Waals surface area (Å²) in [6.45, 7) is 2.96. The van der Waals surface area contributed by atoms with Crippen LogP contribution in [0.2, 0.25) is 0 Å². The summed E-state index contributed by atoms with van der Waals surface area (Å²) < 4.78 is 5.21. The second-order valence-corrected chi connectivity index (χ2v) is 2.97. The zero-order chi connectivity index (χ0) is 8.10. The summed E-state index contributed by atoms with van der Waals surface area (Å²) in [5.74, 6) is 1.69. The quantitative estimate of drug-likeness (QED) is 0.716. The molecule has 2 heteroatoms. The molecule has 1 atom stereocenters. The monoisotopic (exact) mass is 153 g/mol. The van der Waals surface area contributed by atoms with Gasteiger partial charge in [-0.25, -0.2) is 0 Å². The Hall–Kier alpha value is -0.760. The predicted octanol–water partition coefficient (Wildman–Crippen LogP) is 1.81. The molecule has 1 aromatic rings. The molecule has 2 N–H and O–H groups in total. The van der Waals surface area contributed by atoms with E-state index >= 15 is 0 Å². The van der Waals surface area contributed by atoms with Gasteiger partial charge in [0.15, 0.2) is 0 Å². The lowest BCUT2D eigenvalue weighted by atomic mass is 10.0. The molecule has 0 aliphatic carbocycles. The fourth-order valence-electron chi connectivity index (χ4n) is 1.16. The standard InChI is InChI=1S/C9H15NO/c1-8(4-5-10)7-9-3-2-6-11-9/h2-3,6,8H,4-5,7,10H2,1H3. The van der Waals surface area contributed by atoms with E-state index in [1.807, 2.05) is 12.1 Å². The molecule has 2 nitrogen and oxygen atoms in total. The normalized spacial score (nSPS) is 13.3. The molecule has 62 valence electrons. The molecule has 0 saturated carbocycles. The second kappa shape index (κ2) is 4.19. The highest BCUT2D eigenvalue weighted by molar-refractivity contribution is 4.98. The van der Waals surface area contributed by atoms with E-state index in [1.54, 1.807) is 6.26 Å². The highest BCUT2D eigenvalue weighted by atomic mass is 16.3. The van der Waals surface area contributed by atoms with Gasteiger partial charge in [0.1, 0.15) is 5.76 Å². The maximum absolute atomic E-state index is 5.43. The van der Waals surface area contributed by atoms with Gasteiger partial charge in [-0.05, 0) is 31.0 Å².